The number of benzene rings is 4. The van der Waals surface area contributed by atoms with Crippen molar-refractivity contribution in [2.45, 2.75) is 0 Å². The molecule has 0 fully saturated rings. The van der Waals surface area contributed by atoms with Crippen molar-refractivity contribution < 1.29 is 13.5 Å². The average molecular weight is 396 g/mol. The molecule has 0 radical (unpaired) electrons. The molecular formula is C27H18F2O. The van der Waals surface area contributed by atoms with E-state index in [-0.39, 0.29) is 5.39 Å². The van der Waals surface area contributed by atoms with Crippen molar-refractivity contribution in [2.24, 2.45) is 0 Å². The van der Waals surface area contributed by atoms with E-state index in [1.54, 1.807) is 30.3 Å². The van der Waals surface area contributed by atoms with Crippen LogP contribution in [0.25, 0.3) is 21.9 Å². The topological polar surface area (TPSA) is 9.23 Å². The zero-order chi connectivity index (χ0) is 20.9. The van der Waals surface area contributed by atoms with E-state index < -0.39 is 11.6 Å². The highest BCUT2D eigenvalue weighted by atomic mass is 19.2. The van der Waals surface area contributed by atoms with Crippen LogP contribution >= 0.6 is 0 Å². The summed E-state index contributed by atoms with van der Waals surface area (Å²) in [7, 11) is 0. The van der Waals surface area contributed by atoms with Gasteiger partial charge in [0, 0.05) is 16.5 Å². The second kappa shape index (κ2) is 8.63. The lowest BCUT2D eigenvalue weighted by atomic mass is 10.0. The third kappa shape index (κ3) is 4.24. The normalized spacial score (nSPS) is 10.3. The maximum Gasteiger partial charge on any atom is 0.166 e. The Morgan fingerprint density at radius 2 is 1.40 bits per heavy atom. The van der Waals surface area contributed by atoms with Gasteiger partial charge in [-0.2, -0.15) is 0 Å². The fraction of sp³-hybridized carbons (Fsp3) is 0.0370. The Hall–Kier alpha value is -3.90. The second-order valence-electron chi connectivity index (χ2n) is 6.75. The minimum Gasteiger partial charge on any atom is -0.490 e. The molecule has 4 aromatic carbocycles. The first-order valence-electron chi connectivity index (χ1n) is 9.48. The summed E-state index contributed by atoms with van der Waals surface area (Å²) < 4.78 is 32.6. The zero-order valence-corrected chi connectivity index (χ0v) is 16.2. The Bertz CT molecular complexity index is 1260. The Balaban J connectivity index is 1.52. The van der Waals surface area contributed by atoms with Crippen LogP contribution in [0.1, 0.15) is 11.1 Å². The molecule has 0 spiro atoms. The monoisotopic (exact) mass is 396 g/mol. The van der Waals surface area contributed by atoms with Crippen molar-refractivity contribution >= 4 is 10.8 Å². The van der Waals surface area contributed by atoms with Gasteiger partial charge < -0.3 is 4.74 Å². The van der Waals surface area contributed by atoms with Gasteiger partial charge in [0.2, 0.25) is 0 Å². The zero-order valence-electron chi connectivity index (χ0n) is 16.2. The van der Waals surface area contributed by atoms with E-state index in [9.17, 15) is 8.78 Å². The quantitative estimate of drug-likeness (QED) is 0.274. The first kappa shape index (κ1) is 19.4. The molecule has 0 heterocycles. The summed E-state index contributed by atoms with van der Waals surface area (Å²) >= 11 is 0. The van der Waals surface area contributed by atoms with Gasteiger partial charge >= 0.3 is 0 Å². The summed E-state index contributed by atoms with van der Waals surface area (Å²) in [6, 6.07) is 23.5. The van der Waals surface area contributed by atoms with Crippen LogP contribution in [0, 0.1) is 23.5 Å². The van der Waals surface area contributed by atoms with Gasteiger partial charge in [0.15, 0.2) is 11.6 Å². The van der Waals surface area contributed by atoms with Crippen molar-refractivity contribution in [3.8, 4) is 28.7 Å². The molecule has 0 amide bonds. The van der Waals surface area contributed by atoms with Gasteiger partial charge in [0.25, 0.3) is 0 Å². The van der Waals surface area contributed by atoms with Crippen molar-refractivity contribution in [3.63, 3.8) is 0 Å². The van der Waals surface area contributed by atoms with E-state index in [2.05, 4.69) is 18.4 Å². The first-order valence-corrected chi connectivity index (χ1v) is 9.48. The first-order chi connectivity index (χ1) is 14.6. The Morgan fingerprint density at radius 3 is 2.10 bits per heavy atom. The highest BCUT2D eigenvalue weighted by Gasteiger charge is 2.06. The molecule has 3 heteroatoms. The second-order valence-corrected chi connectivity index (χ2v) is 6.75. The van der Waals surface area contributed by atoms with Gasteiger partial charge in [-0.25, -0.2) is 8.78 Å². The molecule has 0 aliphatic carbocycles. The molecule has 0 aliphatic heterocycles. The maximum absolute atomic E-state index is 13.8. The van der Waals surface area contributed by atoms with Crippen LogP contribution in [0.4, 0.5) is 8.78 Å². The molecule has 1 nitrogen and oxygen atoms in total. The van der Waals surface area contributed by atoms with Crippen molar-refractivity contribution in [2.75, 3.05) is 6.61 Å². The van der Waals surface area contributed by atoms with Crippen molar-refractivity contribution in [1.82, 2.24) is 0 Å². The molecule has 0 atom stereocenters. The smallest absolute Gasteiger partial charge is 0.166 e. The summed E-state index contributed by atoms with van der Waals surface area (Å²) in [6.07, 6.45) is 1.71. The van der Waals surface area contributed by atoms with E-state index >= 15 is 0 Å². The highest BCUT2D eigenvalue weighted by molar-refractivity contribution is 5.84. The minimum atomic E-state index is -0.847. The SMILES string of the molecule is C=CCOc1ccc(-c2ccc(C#Cc3ccc4c(F)c(F)ccc4c3)cc2)cc1. The number of fused-ring (bicyclic) bond motifs is 1. The summed E-state index contributed by atoms with van der Waals surface area (Å²) in [6.45, 7) is 4.12. The molecular weight excluding hydrogens is 378 g/mol. The summed E-state index contributed by atoms with van der Waals surface area (Å²) in [5.41, 5.74) is 3.78. The molecule has 4 aromatic rings. The van der Waals surface area contributed by atoms with Crippen LogP contribution in [-0.2, 0) is 0 Å². The molecule has 0 aliphatic rings. The molecule has 0 aromatic heterocycles. The molecule has 0 N–H and O–H groups in total. The van der Waals surface area contributed by atoms with Crippen molar-refractivity contribution in [3.05, 3.63) is 114 Å². The molecule has 30 heavy (non-hydrogen) atoms. The van der Waals surface area contributed by atoms with E-state index in [0.717, 1.165) is 34.1 Å². The third-order valence-electron chi connectivity index (χ3n) is 4.70. The van der Waals surface area contributed by atoms with Crippen LogP contribution in [0.2, 0.25) is 0 Å². The van der Waals surface area contributed by atoms with Crippen LogP contribution in [-0.4, -0.2) is 6.61 Å². The third-order valence-corrected chi connectivity index (χ3v) is 4.70. The van der Waals surface area contributed by atoms with Gasteiger partial charge in [0.05, 0.1) is 0 Å². The van der Waals surface area contributed by atoms with Crippen molar-refractivity contribution in [1.29, 1.82) is 0 Å². The summed E-state index contributed by atoms with van der Waals surface area (Å²) in [5, 5.41) is 0.877. The van der Waals surface area contributed by atoms with Gasteiger partial charge in [-0.15, -0.1) is 0 Å². The predicted molar refractivity (Wildman–Crippen MR) is 117 cm³/mol. The largest absolute Gasteiger partial charge is 0.490 e. The Kier molecular flexibility index (Phi) is 5.59. The molecule has 0 unspecified atom stereocenters. The number of hydrogen-bond donors (Lipinski definition) is 0. The maximum atomic E-state index is 13.8. The van der Waals surface area contributed by atoms with Gasteiger partial charge in [-0.05, 0) is 59.0 Å². The van der Waals surface area contributed by atoms with Crippen LogP contribution < -0.4 is 4.74 Å². The summed E-state index contributed by atoms with van der Waals surface area (Å²) in [4.78, 5) is 0. The number of hydrogen-bond acceptors (Lipinski definition) is 1. The number of ether oxygens (including phenoxy) is 1. The van der Waals surface area contributed by atoms with Gasteiger partial charge in [-0.3, -0.25) is 0 Å². The lowest BCUT2D eigenvalue weighted by Crippen LogP contribution is -1.92. The standard InChI is InChI=1S/C27H18F2O/c1-2-17-30-24-13-10-22(11-14-24)21-8-5-19(6-9-21)3-4-20-7-15-25-23(18-20)12-16-26(28)27(25)29/h2,5-16,18H,1,17H2. The van der Waals surface area contributed by atoms with E-state index in [1.807, 2.05) is 48.5 Å². The lowest BCUT2D eigenvalue weighted by molar-refractivity contribution is 0.363. The summed E-state index contributed by atoms with van der Waals surface area (Å²) in [5.74, 6) is 5.33. The molecule has 4 rings (SSSR count). The van der Waals surface area contributed by atoms with Crippen LogP contribution in [0.3, 0.4) is 0 Å². The van der Waals surface area contributed by atoms with Gasteiger partial charge in [-0.1, -0.05) is 60.9 Å². The fourth-order valence-electron chi connectivity index (χ4n) is 3.13. The molecule has 146 valence electrons. The highest BCUT2D eigenvalue weighted by Crippen LogP contribution is 2.23. The Labute approximate surface area is 174 Å². The Morgan fingerprint density at radius 1 is 0.767 bits per heavy atom. The van der Waals surface area contributed by atoms with E-state index in [1.165, 1.54) is 0 Å². The molecule has 0 saturated heterocycles. The molecule has 0 bridgehead atoms. The van der Waals surface area contributed by atoms with E-state index in [4.69, 9.17) is 4.74 Å². The van der Waals surface area contributed by atoms with Crippen LogP contribution in [0.5, 0.6) is 5.75 Å². The van der Waals surface area contributed by atoms with Crippen LogP contribution in [0.15, 0.2) is 91.5 Å². The minimum absolute atomic E-state index is 0.255. The van der Waals surface area contributed by atoms with E-state index in [0.29, 0.717) is 12.0 Å². The lowest BCUT2D eigenvalue weighted by Gasteiger charge is -2.05. The number of halogens is 2. The predicted octanol–water partition coefficient (Wildman–Crippen LogP) is 6.75. The molecule has 0 saturated carbocycles. The fourth-order valence-corrected chi connectivity index (χ4v) is 3.13. The number of rotatable bonds is 4. The van der Waals surface area contributed by atoms with Gasteiger partial charge in [0.1, 0.15) is 12.4 Å². The average Bonchev–Trinajstić information content (AvgIpc) is 2.79.